The monoisotopic (exact) mass is 670 g/mol. The predicted octanol–water partition coefficient (Wildman–Crippen LogP) is 5.76. The number of aromatic nitrogens is 5. The maximum Gasteiger partial charge on any atom is 0.229 e. The Morgan fingerprint density at radius 3 is 2.71 bits per heavy atom. The van der Waals surface area contributed by atoms with Crippen LogP contribution in [0.2, 0.25) is 0 Å². The quantitative estimate of drug-likeness (QED) is 0.210. The van der Waals surface area contributed by atoms with Crippen LogP contribution in [0.4, 0.5) is 5.82 Å². The van der Waals surface area contributed by atoms with E-state index in [1.165, 1.54) is 6.92 Å². The van der Waals surface area contributed by atoms with Gasteiger partial charge in [0.25, 0.3) is 0 Å². The number of aryl methyl sites for hydroxylation is 2. The highest BCUT2D eigenvalue weighted by Gasteiger charge is 2.68. The van der Waals surface area contributed by atoms with E-state index in [2.05, 4.69) is 41.3 Å². The van der Waals surface area contributed by atoms with Crippen molar-refractivity contribution in [1.29, 1.82) is 0 Å². The summed E-state index contributed by atoms with van der Waals surface area (Å²) in [4.78, 5) is 54.0. The molecule has 0 saturated heterocycles. The first-order chi connectivity index (χ1) is 21.7. The van der Waals surface area contributed by atoms with Crippen molar-refractivity contribution in [3.05, 3.63) is 64.4 Å². The average molecular weight is 672 g/mol. The lowest BCUT2D eigenvalue weighted by Crippen LogP contribution is -2.34. The van der Waals surface area contributed by atoms with Gasteiger partial charge in [0.05, 0.1) is 12.1 Å². The second-order valence-electron chi connectivity index (χ2n) is 12.8. The van der Waals surface area contributed by atoms with Crippen molar-refractivity contribution >= 4 is 50.1 Å². The first-order valence-corrected chi connectivity index (χ1v) is 16.4. The minimum atomic E-state index is -0.501. The highest BCUT2D eigenvalue weighted by atomic mass is 79.9. The van der Waals surface area contributed by atoms with E-state index in [1.54, 1.807) is 17.1 Å². The molecule has 4 atom stereocenters. The molecule has 1 spiro atoms. The van der Waals surface area contributed by atoms with Crippen LogP contribution in [-0.4, -0.2) is 55.4 Å². The molecule has 45 heavy (non-hydrogen) atoms. The molecule has 4 aromatic rings. The van der Waals surface area contributed by atoms with E-state index in [-0.39, 0.29) is 35.4 Å². The summed E-state index contributed by atoms with van der Waals surface area (Å²) in [5, 5.41) is 8.38. The zero-order valence-corrected chi connectivity index (χ0v) is 27.0. The number of amides is 1. The van der Waals surface area contributed by atoms with Crippen LogP contribution >= 0.6 is 15.9 Å². The van der Waals surface area contributed by atoms with Crippen molar-refractivity contribution in [2.75, 3.05) is 18.5 Å². The maximum atomic E-state index is 14.2. The molecular weight excluding hydrogens is 636 g/mol. The van der Waals surface area contributed by atoms with E-state index in [1.807, 2.05) is 37.3 Å². The number of nitrogens with zero attached hydrogens (tertiary/aromatic N) is 5. The first-order valence-electron chi connectivity index (χ1n) is 15.6. The Bertz CT molecular complexity index is 1820. The van der Waals surface area contributed by atoms with E-state index in [4.69, 9.17) is 4.74 Å². The van der Waals surface area contributed by atoms with Crippen LogP contribution in [0.5, 0.6) is 0 Å². The number of rotatable bonds is 5. The van der Waals surface area contributed by atoms with Gasteiger partial charge in [-0.15, -0.1) is 0 Å². The minimum absolute atomic E-state index is 0.0287. The van der Waals surface area contributed by atoms with Crippen LogP contribution in [0.3, 0.4) is 0 Å². The largest absolute Gasteiger partial charge is 0.381 e. The van der Waals surface area contributed by atoms with E-state index in [0.717, 1.165) is 48.8 Å². The summed E-state index contributed by atoms with van der Waals surface area (Å²) in [5.74, 6) is -0.0877. The lowest BCUT2D eigenvalue weighted by atomic mass is 9.86. The Morgan fingerprint density at radius 1 is 1.09 bits per heavy atom. The van der Waals surface area contributed by atoms with Crippen LogP contribution in [0.15, 0.2) is 47.3 Å². The highest BCUT2D eigenvalue weighted by molar-refractivity contribution is 9.10. The number of anilines is 1. The van der Waals surface area contributed by atoms with Gasteiger partial charge in [-0.2, -0.15) is 5.10 Å². The molecule has 232 valence electrons. The highest BCUT2D eigenvalue weighted by Crippen LogP contribution is 2.68. The number of carbonyl (C=O) groups excluding carboxylic acids is 3. The van der Waals surface area contributed by atoms with Gasteiger partial charge in [-0.3, -0.25) is 19.1 Å². The van der Waals surface area contributed by atoms with E-state index < -0.39 is 11.8 Å². The van der Waals surface area contributed by atoms with Crippen molar-refractivity contribution in [2.24, 2.45) is 23.2 Å². The fraction of sp³-hybridized carbons (Fsp3) is 0.441. The molecule has 11 heteroatoms. The number of carbonyl (C=O) groups is 3. The second-order valence-corrected chi connectivity index (χ2v) is 13.6. The molecule has 7 rings (SSSR count). The first kappa shape index (κ1) is 29.9. The van der Waals surface area contributed by atoms with Gasteiger partial charge in [0.15, 0.2) is 11.6 Å². The van der Waals surface area contributed by atoms with E-state index in [9.17, 15) is 14.4 Å². The van der Waals surface area contributed by atoms with Crippen LogP contribution in [0.25, 0.3) is 22.0 Å². The number of ether oxygens (including phenoxy) is 1. The average Bonchev–Trinajstić information content (AvgIpc) is 3.43. The van der Waals surface area contributed by atoms with Gasteiger partial charge in [-0.25, -0.2) is 15.0 Å². The molecule has 3 aromatic heterocycles. The number of nitrogens with one attached hydrogen (secondary N) is 1. The third-order valence-electron chi connectivity index (χ3n) is 9.77. The number of hydrogen-bond acceptors (Lipinski definition) is 8. The number of benzene rings is 1. The van der Waals surface area contributed by atoms with Gasteiger partial charge in [0.1, 0.15) is 28.5 Å². The number of fused-ring (bicyclic) bond motifs is 3. The summed E-state index contributed by atoms with van der Waals surface area (Å²) in [6.45, 7) is 4.52. The van der Waals surface area contributed by atoms with Crippen molar-refractivity contribution in [2.45, 2.75) is 58.9 Å². The number of ketones is 2. The fourth-order valence-electron chi connectivity index (χ4n) is 7.39. The van der Waals surface area contributed by atoms with Gasteiger partial charge in [0.2, 0.25) is 5.91 Å². The molecule has 0 radical (unpaired) electrons. The summed E-state index contributed by atoms with van der Waals surface area (Å²) in [6.07, 6.45) is 8.76. The molecule has 1 N–H and O–H groups in total. The lowest BCUT2D eigenvalue weighted by Gasteiger charge is -2.22. The maximum absolute atomic E-state index is 14.2. The zero-order chi connectivity index (χ0) is 31.3. The molecule has 2 saturated carbocycles. The van der Waals surface area contributed by atoms with Gasteiger partial charge in [-0.1, -0.05) is 18.6 Å². The third kappa shape index (κ3) is 5.72. The summed E-state index contributed by atoms with van der Waals surface area (Å²) in [7, 11) is 0. The molecule has 1 amide bonds. The van der Waals surface area contributed by atoms with Crippen LogP contribution in [0, 0.1) is 30.1 Å². The molecule has 1 unspecified atom stereocenters. The van der Waals surface area contributed by atoms with Gasteiger partial charge >= 0.3 is 0 Å². The normalized spacial score (nSPS) is 24.8. The summed E-state index contributed by atoms with van der Waals surface area (Å²) >= 11 is 3.45. The number of Topliss-reactive ketones (excluding diaryl/α,β-unsaturated/α-hetero) is 2. The summed E-state index contributed by atoms with van der Waals surface area (Å²) in [6, 6.07) is 9.60. The van der Waals surface area contributed by atoms with Crippen molar-refractivity contribution in [3.8, 4) is 11.1 Å². The topological polar surface area (TPSA) is 129 Å². The lowest BCUT2D eigenvalue weighted by molar-refractivity contribution is -0.131. The van der Waals surface area contributed by atoms with Gasteiger partial charge < -0.3 is 10.1 Å². The predicted molar refractivity (Wildman–Crippen MR) is 172 cm³/mol. The molecule has 3 aliphatic rings. The van der Waals surface area contributed by atoms with Gasteiger partial charge in [-0.05, 0) is 95.6 Å². The Hall–Kier alpha value is -3.83. The molecule has 2 fully saturated rings. The Morgan fingerprint density at radius 2 is 1.91 bits per heavy atom. The number of hydrogen-bond donors (Lipinski definition) is 1. The standard InChI is InChI=1S/C34H35BrN6O4/c1-19(42)31-24-12-22(23-15-36-20(2)37-16-23)7-9-27(24)41(40-31)17-28(43)30-25-13-34(14-26(30)34)18-45-11-5-3-4-6-21-8-10-29(35)38-32(21)39-33(25)44/h7-10,12,15-16,25-26,30H,3-6,11,13-14,17-18H2,1-2H3,(H,38,39,44)/t25-,26+,30?,34+/m1/s1. The molecule has 2 aliphatic carbocycles. The molecule has 1 aromatic carbocycles. The summed E-state index contributed by atoms with van der Waals surface area (Å²) in [5.41, 5.74) is 3.50. The SMILES string of the molecule is CC(=O)c1nn(CC(=O)C2[C@H]3C[C@@]4(COCCCCCc5ccc(Br)nc5NC3=O)C[C@@H]24)c2ccc(-c3cnc(C)nc3)cc12. The Labute approximate surface area is 269 Å². The van der Waals surface area contributed by atoms with Crippen LogP contribution in [-0.2, 0) is 27.3 Å². The third-order valence-corrected chi connectivity index (χ3v) is 10.2. The molecule has 4 heterocycles. The van der Waals surface area contributed by atoms with E-state index >= 15 is 0 Å². The molecule has 1 aliphatic heterocycles. The second kappa shape index (κ2) is 11.8. The Balaban J connectivity index is 1.20. The van der Waals surface area contributed by atoms with Crippen molar-refractivity contribution < 1.29 is 19.1 Å². The molecule has 10 nitrogen and oxygen atoms in total. The smallest absolute Gasteiger partial charge is 0.229 e. The van der Waals surface area contributed by atoms with Crippen molar-refractivity contribution in [3.63, 3.8) is 0 Å². The van der Waals surface area contributed by atoms with Crippen LogP contribution in [0.1, 0.15) is 60.9 Å². The zero-order valence-electron chi connectivity index (χ0n) is 25.4. The Kier molecular flexibility index (Phi) is 7.85. The van der Waals surface area contributed by atoms with Crippen molar-refractivity contribution in [1.82, 2.24) is 24.7 Å². The fourth-order valence-corrected chi connectivity index (χ4v) is 7.70. The number of pyridine rings is 1. The molecule has 2 bridgehead atoms. The number of halogens is 1. The van der Waals surface area contributed by atoms with E-state index in [0.29, 0.717) is 52.5 Å². The van der Waals surface area contributed by atoms with Crippen LogP contribution < -0.4 is 5.32 Å². The minimum Gasteiger partial charge on any atom is -0.381 e. The summed E-state index contributed by atoms with van der Waals surface area (Å²) < 4.78 is 8.41. The van der Waals surface area contributed by atoms with Gasteiger partial charge in [0, 0.05) is 48.7 Å². The molecular formula is C34H35BrN6O4.